The highest BCUT2D eigenvalue weighted by molar-refractivity contribution is 7.13. The first-order valence-electron chi connectivity index (χ1n) is 8.11. The third-order valence-corrected chi connectivity index (χ3v) is 5.28. The Morgan fingerprint density at radius 1 is 1.18 bits per heavy atom. The van der Waals surface area contributed by atoms with Crippen LogP contribution in [0, 0.1) is 6.92 Å². The van der Waals surface area contributed by atoms with Crippen molar-refractivity contribution in [3.05, 3.63) is 67.6 Å². The van der Waals surface area contributed by atoms with E-state index in [0.717, 1.165) is 22.0 Å². The lowest BCUT2D eigenvalue weighted by Gasteiger charge is -2.13. The molecule has 28 heavy (non-hydrogen) atoms. The molecule has 0 radical (unpaired) electrons. The molecule has 0 aliphatic heterocycles. The van der Waals surface area contributed by atoms with Gasteiger partial charge in [0, 0.05) is 16.0 Å². The van der Waals surface area contributed by atoms with Crippen molar-refractivity contribution in [2.75, 3.05) is 12.5 Å². The van der Waals surface area contributed by atoms with Gasteiger partial charge in [-0.2, -0.15) is 5.10 Å². The number of anilines is 1. The van der Waals surface area contributed by atoms with Crippen LogP contribution in [0.4, 0.5) is 5.13 Å². The van der Waals surface area contributed by atoms with Gasteiger partial charge >= 0.3 is 0 Å². The predicted octanol–water partition coefficient (Wildman–Crippen LogP) is 6.45. The number of hydrogen-bond donors (Lipinski definition) is 1. The number of benzene rings is 2. The molecule has 0 atom stereocenters. The second-order valence-corrected chi connectivity index (χ2v) is 7.83. The molecule has 9 heteroatoms. The number of hydrazone groups is 1. The van der Waals surface area contributed by atoms with E-state index in [-0.39, 0.29) is 6.61 Å². The van der Waals surface area contributed by atoms with E-state index in [0.29, 0.717) is 26.6 Å². The molecule has 2 aromatic carbocycles. The molecule has 0 spiro atoms. The number of nitrogens with one attached hydrogen (secondary N) is 1. The minimum Gasteiger partial charge on any atom is -0.496 e. The molecule has 1 heterocycles. The number of ether oxygens (including phenoxy) is 2. The first kappa shape index (κ1) is 20.7. The van der Waals surface area contributed by atoms with Gasteiger partial charge in [-0.25, -0.2) is 4.98 Å². The summed E-state index contributed by atoms with van der Waals surface area (Å²) in [6, 6.07) is 8.81. The van der Waals surface area contributed by atoms with Crippen LogP contribution in [0.15, 0.2) is 40.8 Å². The van der Waals surface area contributed by atoms with E-state index < -0.39 is 0 Å². The molecular weight excluding hydrogens is 441 g/mol. The Labute approximate surface area is 181 Å². The number of nitrogens with zero attached hydrogens (tertiary/aromatic N) is 2. The lowest BCUT2D eigenvalue weighted by atomic mass is 10.1. The maximum absolute atomic E-state index is 6.17. The molecule has 5 nitrogen and oxygen atoms in total. The Morgan fingerprint density at radius 2 is 1.93 bits per heavy atom. The molecule has 146 valence electrons. The molecule has 0 aliphatic carbocycles. The molecule has 0 amide bonds. The lowest BCUT2D eigenvalue weighted by molar-refractivity contribution is 0.297. The molecule has 1 aromatic heterocycles. The van der Waals surface area contributed by atoms with Crippen LogP contribution in [0.1, 0.15) is 16.8 Å². The Bertz CT molecular complexity index is 985. The molecule has 0 saturated carbocycles. The minimum absolute atomic E-state index is 0.213. The monoisotopic (exact) mass is 455 g/mol. The highest BCUT2D eigenvalue weighted by Gasteiger charge is 2.11. The molecule has 0 aliphatic rings. The molecular formula is C19H16Cl3N3O2S. The van der Waals surface area contributed by atoms with Crippen molar-refractivity contribution in [2.45, 2.75) is 13.5 Å². The Morgan fingerprint density at radius 3 is 2.57 bits per heavy atom. The summed E-state index contributed by atoms with van der Waals surface area (Å²) in [5, 5.41) is 8.03. The normalized spacial score (nSPS) is 11.0. The topological polar surface area (TPSA) is 55.7 Å². The fourth-order valence-corrected chi connectivity index (χ4v) is 3.94. The molecule has 0 saturated heterocycles. The molecule has 0 unspecified atom stereocenters. The van der Waals surface area contributed by atoms with E-state index in [4.69, 9.17) is 44.3 Å². The Kier molecular flexibility index (Phi) is 7.02. The van der Waals surface area contributed by atoms with Crippen LogP contribution in [0.5, 0.6) is 11.5 Å². The van der Waals surface area contributed by atoms with E-state index >= 15 is 0 Å². The summed E-state index contributed by atoms with van der Waals surface area (Å²) in [6.07, 6.45) is 1.70. The average molecular weight is 457 g/mol. The maximum Gasteiger partial charge on any atom is 0.203 e. The van der Waals surface area contributed by atoms with Gasteiger partial charge in [0.2, 0.25) is 5.13 Å². The molecule has 1 N–H and O–H groups in total. The van der Waals surface area contributed by atoms with Crippen LogP contribution in [-0.2, 0) is 6.61 Å². The van der Waals surface area contributed by atoms with Crippen molar-refractivity contribution >= 4 is 57.5 Å². The summed E-state index contributed by atoms with van der Waals surface area (Å²) in [7, 11) is 1.60. The van der Waals surface area contributed by atoms with Gasteiger partial charge in [0.1, 0.15) is 12.4 Å². The first-order valence-corrected chi connectivity index (χ1v) is 10.1. The van der Waals surface area contributed by atoms with Gasteiger partial charge in [-0.05, 0) is 42.8 Å². The first-order chi connectivity index (χ1) is 13.5. The van der Waals surface area contributed by atoms with E-state index in [2.05, 4.69) is 15.5 Å². The van der Waals surface area contributed by atoms with E-state index in [1.807, 2.05) is 30.5 Å². The minimum atomic E-state index is 0.213. The van der Waals surface area contributed by atoms with Crippen LogP contribution >= 0.6 is 46.1 Å². The van der Waals surface area contributed by atoms with Crippen LogP contribution in [0.25, 0.3) is 0 Å². The van der Waals surface area contributed by atoms with E-state index in [1.54, 1.807) is 25.5 Å². The van der Waals surface area contributed by atoms with Crippen molar-refractivity contribution in [1.29, 1.82) is 0 Å². The number of aromatic nitrogens is 1. The summed E-state index contributed by atoms with van der Waals surface area (Å²) >= 11 is 19.8. The summed E-state index contributed by atoms with van der Waals surface area (Å²) in [4.78, 5) is 4.29. The maximum atomic E-state index is 6.17. The van der Waals surface area contributed by atoms with Gasteiger partial charge in [0.15, 0.2) is 5.75 Å². The second-order valence-electron chi connectivity index (χ2n) is 5.72. The molecule has 3 rings (SSSR count). The predicted molar refractivity (Wildman–Crippen MR) is 117 cm³/mol. The summed E-state index contributed by atoms with van der Waals surface area (Å²) in [5.41, 5.74) is 5.54. The van der Waals surface area contributed by atoms with Gasteiger partial charge in [-0.15, -0.1) is 11.3 Å². The third-order valence-electron chi connectivity index (χ3n) is 3.63. The SMILES string of the molecule is COc1ccc(C=NNc2nc(C)cs2)cc1COc1c(Cl)cc(Cl)cc1Cl. The van der Waals surface area contributed by atoms with Crippen molar-refractivity contribution < 1.29 is 9.47 Å². The van der Waals surface area contributed by atoms with E-state index in [1.165, 1.54) is 11.3 Å². The standard InChI is InChI=1S/C19H16Cl3N3O2S/c1-11-10-28-19(24-11)25-23-8-12-3-4-17(26-2)13(5-12)9-27-18-15(21)6-14(20)7-16(18)22/h3-8,10H,9H2,1-2H3,(H,24,25). The van der Waals surface area contributed by atoms with Gasteiger partial charge in [-0.1, -0.05) is 34.8 Å². The van der Waals surface area contributed by atoms with E-state index in [9.17, 15) is 0 Å². The van der Waals surface area contributed by atoms with Crippen LogP contribution in [0.3, 0.4) is 0 Å². The highest BCUT2D eigenvalue weighted by atomic mass is 35.5. The van der Waals surface area contributed by atoms with Crippen molar-refractivity contribution in [3.63, 3.8) is 0 Å². The number of halogens is 3. The zero-order chi connectivity index (χ0) is 20.1. The highest BCUT2D eigenvalue weighted by Crippen LogP contribution is 2.36. The van der Waals surface area contributed by atoms with Crippen molar-refractivity contribution in [1.82, 2.24) is 4.98 Å². The van der Waals surface area contributed by atoms with Gasteiger partial charge < -0.3 is 9.47 Å². The number of methoxy groups -OCH3 is 1. The zero-order valence-electron chi connectivity index (χ0n) is 15.0. The lowest BCUT2D eigenvalue weighted by Crippen LogP contribution is -2.01. The van der Waals surface area contributed by atoms with Crippen molar-refractivity contribution in [3.8, 4) is 11.5 Å². The summed E-state index contributed by atoms with van der Waals surface area (Å²) in [6.45, 7) is 2.14. The molecule has 3 aromatic rings. The number of thiazole rings is 1. The van der Waals surface area contributed by atoms with Crippen LogP contribution < -0.4 is 14.9 Å². The van der Waals surface area contributed by atoms with Crippen molar-refractivity contribution in [2.24, 2.45) is 5.10 Å². The molecule has 0 bridgehead atoms. The Balaban J connectivity index is 1.74. The Hall–Kier alpha value is -1.99. The van der Waals surface area contributed by atoms with Gasteiger partial charge in [0.25, 0.3) is 0 Å². The smallest absolute Gasteiger partial charge is 0.203 e. The second kappa shape index (κ2) is 9.47. The van der Waals surface area contributed by atoms with Gasteiger partial charge in [0.05, 0.1) is 29.1 Å². The molecule has 0 fully saturated rings. The fourth-order valence-electron chi connectivity index (χ4n) is 2.38. The zero-order valence-corrected chi connectivity index (χ0v) is 18.1. The van der Waals surface area contributed by atoms with Crippen LogP contribution in [-0.4, -0.2) is 18.3 Å². The van der Waals surface area contributed by atoms with Gasteiger partial charge in [-0.3, -0.25) is 5.43 Å². The number of rotatable bonds is 7. The fraction of sp³-hybridized carbons (Fsp3) is 0.158. The largest absolute Gasteiger partial charge is 0.496 e. The summed E-state index contributed by atoms with van der Waals surface area (Å²) < 4.78 is 11.2. The number of aryl methyl sites for hydroxylation is 1. The summed E-state index contributed by atoms with van der Waals surface area (Å²) in [5.74, 6) is 1.05. The third kappa shape index (κ3) is 5.29. The average Bonchev–Trinajstić information content (AvgIpc) is 3.06. The quantitative estimate of drug-likeness (QED) is 0.328. The van der Waals surface area contributed by atoms with Crippen LogP contribution in [0.2, 0.25) is 15.1 Å². The number of hydrogen-bond acceptors (Lipinski definition) is 6.